The normalized spacial score (nSPS) is 12.6. The van der Waals surface area contributed by atoms with Crippen LogP contribution in [0.3, 0.4) is 0 Å². The first-order chi connectivity index (χ1) is 24.6. The molecule has 0 radical (unpaired) electrons. The highest BCUT2D eigenvalue weighted by Crippen LogP contribution is 2.43. The average Bonchev–Trinajstić information content (AvgIpc) is 3.15. The van der Waals surface area contributed by atoms with Crippen LogP contribution < -0.4 is 0 Å². The van der Waals surface area contributed by atoms with Gasteiger partial charge in [-0.2, -0.15) is 0 Å². The van der Waals surface area contributed by atoms with Gasteiger partial charge in [-0.05, 0) is 149 Å². The second-order valence-electron chi connectivity index (χ2n) is 14.2. The zero-order valence-corrected chi connectivity index (χ0v) is 27.6. The van der Waals surface area contributed by atoms with Gasteiger partial charge in [0.15, 0.2) is 0 Å². The van der Waals surface area contributed by atoms with Crippen LogP contribution in [0.2, 0.25) is 0 Å². The quantitative estimate of drug-likeness (QED) is 0.177. The Kier molecular flexibility index (Phi) is 4.88. The van der Waals surface area contributed by atoms with Crippen molar-refractivity contribution < 1.29 is 0 Å². The highest BCUT2D eigenvalue weighted by molar-refractivity contribution is 6.27. The van der Waals surface area contributed by atoms with E-state index < -0.39 is 0 Å². The second kappa shape index (κ2) is 9.19. The van der Waals surface area contributed by atoms with Crippen LogP contribution >= 0.6 is 0 Å². The van der Waals surface area contributed by atoms with E-state index in [-0.39, 0.29) is 0 Å². The Morgan fingerprint density at radius 2 is 0.600 bits per heavy atom. The molecule has 0 bridgehead atoms. The molecule has 2 aromatic heterocycles. The molecule has 0 unspecified atom stereocenters. The number of aromatic nitrogens is 2. The van der Waals surface area contributed by atoms with E-state index in [1.807, 2.05) is 0 Å². The van der Waals surface area contributed by atoms with Gasteiger partial charge in [0.1, 0.15) is 0 Å². The summed E-state index contributed by atoms with van der Waals surface area (Å²) in [7, 11) is 0. The van der Waals surface area contributed by atoms with Gasteiger partial charge in [-0.25, -0.2) is 0 Å². The first-order valence-electron chi connectivity index (χ1n) is 17.4. The van der Waals surface area contributed by atoms with E-state index >= 15 is 0 Å². The third-order valence-electron chi connectivity index (χ3n) is 11.4. The molecule has 0 aliphatic rings. The molecule has 0 amide bonds. The molecule has 0 atom stereocenters. The van der Waals surface area contributed by atoms with Gasteiger partial charge in [-0.3, -0.25) is 9.97 Å². The molecule has 0 aliphatic carbocycles. The van der Waals surface area contributed by atoms with Crippen LogP contribution in [0.1, 0.15) is 11.4 Å². The third kappa shape index (κ3) is 3.42. The van der Waals surface area contributed by atoms with E-state index in [4.69, 9.17) is 9.97 Å². The molecule has 0 N–H and O–H groups in total. The Balaban J connectivity index is 1.07. The fourth-order valence-corrected chi connectivity index (χ4v) is 9.18. The number of benzene rings is 10. The molecule has 0 spiro atoms. The molecule has 2 heteroatoms. The smallest absolute Gasteiger partial charge is 0.0725 e. The van der Waals surface area contributed by atoms with E-state index in [2.05, 4.69) is 147 Å². The zero-order valence-electron chi connectivity index (χ0n) is 27.6. The molecule has 12 aromatic rings. The lowest BCUT2D eigenvalue weighted by atomic mass is 9.89. The predicted molar refractivity (Wildman–Crippen MR) is 213 cm³/mol. The summed E-state index contributed by atoms with van der Waals surface area (Å²) < 4.78 is 0. The lowest BCUT2D eigenvalue weighted by molar-refractivity contribution is 1.26. The molecule has 0 fully saturated rings. The molecule has 230 valence electrons. The Hall–Kier alpha value is -6.38. The van der Waals surface area contributed by atoms with E-state index in [0.717, 1.165) is 22.4 Å². The fraction of sp³-hybridized carbons (Fsp3) is 0.0417. The highest BCUT2D eigenvalue weighted by Gasteiger charge is 2.19. The van der Waals surface area contributed by atoms with Crippen LogP contribution in [-0.4, -0.2) is 9.97 Å². The van der Waals surface area contributed by atoms with Crippen LogP contribution in [0.4, 0.5) is 0 Å². The van der Waals surface area contributed by atoms with Crippen LogP contribution in [0.15, 0.2) is 133 Å². The Morgan fingerprint density at radius 3 is 0.960 bits per heavy atom. The maximum Gasteiger partial charge on any atom is 0.0725 e. The van der Waals surface area contributed by atoms with Gasteiger partial charge in [-0.1, -0.05) is 84.9 Å². The van der Waals surface area contributed by atoms with Gasteiger partial charge in [0, 0.05) is 32.9 Å². The molecule has 2 nitrogen and oxygen atoms in total. The van der Waals surface area contributed by atoms with E-state index in [1.165, 1.54) is 108 Å². The summed E-state index contributed by atoms with van der Waals surface area (Å²) in [6.45, 7) is 4.29. The van der Waals surface area contributed by atoms with Crippen molar-refractivity contribution in [3.63, 3.8) is 0 Å². The Bertz CT molecular complexity index is 3030. The van der Waals surface area contributed by atoms with Gasteiger partial charge in [-0.15, -0.1) is 0 Å². The van der Waals surface area contributed by atoms with Crippen molar-refractivity contribution in [1.29, 1.82) is 0 Å². The molecule has 50 heavy (non-hydrogen) atoms. The predicted octanol–water partition coefficient (Wildman–Crippen LogP) is 13.1. The molecule has 12 rings (SSSR count). The Labute approximate surface area is 287 Å². The topological polar surface area (TPSA) is 25.8 Å². The largest absolute Gasteiger partial charge is 0.252 e. The number of aryl methyl sites for hydroxylation is 2. The van der Waals surface area contributed by atoms with Gasteiger partial charge in [0.2, 0.25) is 0 Å². The minimum atomic E-state index is 1.03. The molecule has 0 aliphatic heterocycles. The minimum Gasteiger partial charge on any atom is -0.252 e. The van der Waals surface area contributed by atoms with Gasteiger partial charge >= 0.3 is 0 Å². The van der Waals surface area contributed by atoms with Crippen molar-refractivity contribution in [1.82, 2.24) is 9.97 Å². The summed E-state index contributed by atoms with van der Waals surface area (Å²) >= 11 is 0. The molecule has 2 heterocycles. The summed E-state index contributed by atoms with van der Waals surface area (Å²) in [6.07, 6.45) is 0. The van der Waals surface area contributed by atoms with Gasteiger partial charge in [0.05, 0.1) is 11.0 Å². The summed E-state index contributed by atoms with van der Waals surface area (Å²) in [5.74, 6) is 0. The van der Waals surface area contributed by atoms with Gasteiger partial charge in [0.25, 0.3) is 0 Å². The van der Waals surface area contributed by atoms with Crippen molar-refractivity contribution in [2.75, 3.05) is 0 Å². The first-order valence-corrected chi connectivity index (χ1v) is 17.4. The maximum atomic E-state index is 5.30. The number of pyridine rings is 2. The Morgan fingerprint density at radius 1 is 0.300 bits per heavy atom. The van der Waals surface area contributed by atoms with Crippen molar-refractivity contribution in [2.24, 2.45) is 0 Å². The minimum absolute atomic E-state index is 1.03. The summed E-state index contributed by atoms with van der Waals surface area (Å²) in [6, 6.07) is 49.9. The summed E-state index contributed by atoms with van der Waals surface area (Å²) in [5, 5.41) is 20.4. The molecular weight excluding hydrogens is 605 g/mol. The SMILES string of the molecule is Cc1nc2cc(-c3cc4ccc5cccc6ccc(c3)c4c56)cc3c(C)nc4cc(-c5cc6ccc7cccc8ccc(c5)c6c78)cc1c4c23. The molecule has 0 saturated heterocycles. The van der Waals surface area contributed by atoms with Crippen molar-refractivity contribution >= 4 is 97.2 Å². The molecular formula is C48H28N2. The second-order valence-corrected chi connectivity index (χ2v) is 14.2. The number of nitrogens with zero attached hydrogens (tertiary/aromatic N) is 2. The van der Waals surface area contributed by atoms with E-state index in [1.54, 1.807) is 0 Å². The van der Waals surface area contributed by atoms with Crippen LogP contribution in [0.25, 0.3) is 119 Å². The summed E-state index contributed by atoms with van der Waals surface area (Å²) in [5.41, 5.74) is 8.87. The monoisotopic (exact) mass is 632 g/mol. The number of hydrogen-bond acceptors (Lipinski definition) is 2. The summed E-state index contributed by atoms with van der Waals surface area (Å²) in [4.78, 5) is 10.6. The lowest BCUT2D eigenvalue weighted by Crippen LogP contribution is -1.97. The van der Waals surface area contributed by atoms with Crippen LogP contribution in [-0.2, 0) is 0 Å². The highest BCUT2D eigenvalue weighted by atomic mass is 14.7. The van der Waals surface area contributed by atoms with E-state index in [9.17, 15) is 0 Å². The number of hydrogen-bond donors (Lipinski definition) is 0. The standard InChI is InChI=1S/C48H28N2/c1-25-39-21-37(35-17-31-13-9-27-5-3-6-28-10-14-32(18-35)45(31)43(27)28)24-42-47(39)48-40(26(2)50-42)22-38(23-41(48)49-25)36-19-33-15-11-29-7-4-8-30-12-16-34(20-36)46(33)44(29)30/h3-24H,1-2H3. The van der Waals surface area contributed by atoms with Gasteiger partial charge < -0.3 is 0 Å². The fourth-order valence-electron chi connectivity index (χ4n) is 9.18. The van der Waals surface area contributed by atoms with Crippen LogP contribution in [0, 0.1) is 13.8 Å². The van der Waals surface area contributed by atoms with Crippen molar-refractivity contribution in [3.8, 4) is 22.3 Å². The first kappa shape index (κ1) is 26.6. The number of rotatable bonds is 2. The molecule has 0 saturated carbocycles. The van der Waals surface area contributed by atoms with Crippen LogP contribution in [0.5, 0.6) is 0 Å². The van der Waals surface area contributed by atoms with E-state index in [0.29, 0.717) is 0 Å². The lowest BCUT2D eigenvalue weighted by Gasteiger charge is -2.18. The average molecular weight is 633 g/mol. The third-order valence-corrected chi connectivity index (χ3v) is 11.4. The molecule has 10 aromatic carbocycles. The zero-order chi connectivity index (χ0) is 32.8. The maximum absolute atomic E-state index is 5.30. The van der Waals surface area contributed by atoms with Crippen molar-refractivity contribution in [3.05, 3.63) is 145 Å². The van der Waals surface area contributed by atoms with Crippen molar-refractivity contribution in [2.45, 2.75) is 13.8 Å².